The number of hydrogen-bond donors (Lipinski definition) is 2. The zero-order valence-corrected chi connectivity index (χ0v) is 14.6. The van der Waals surface area contributed by atoms with Crippen LogP contribution in [0.25, 0.3) is 0 Å². The Bertz CT molecular complexity index is 572. The summed E-state index contributed by atoms with van der Waals surface area (Å²) < 4.78 is 27.9. The molecule has 0 saturated carbocycles. The summed E-state index contributed by atoms with van der Waals surface area (Å²) in [5, 5.41) is 0. The highest BCUT2D eigenvalue weighted by molar-refractivity contribution is 7.89. The molecular formula is C15H27N3O2S. The smallest absolute Gasteiger partial charge is 0.240 e. The minimum absolute atomic E-state index is 0.146. The summed E-state index contributed by atoms with van der Waals surface area (Å²) in [6.45, 7) is 8.41. The summed E-state index contributed by atoms with van der Waals surface area (Å²) in [4.78, 5) is 2.20. The fraction of sp³-hybridized carbons (Fsp3) is 0.600. The van der Waals surface area contributed by atoms with Crippen molar-refractivity contribution in [1.82, 2.24) is 9.62 Å². The molecular weight excluding hydrogens is 286 g/mol. The topological polar surface area (TPSA) is 75.4 Å². The van der Waals surface area contributed by atoms with Crippen LogP contribution in [0.5, 0.6) is 0 Å². The first-order valence-corrected chi connectivity index (χ1v) is 8.56. The van der Waals surface area contributed by atoms with Gasteiger partial charge in [0.1, 0.15) is 0 Å². The van der Waals surface area contributed by atoms with Gasteiger partial charge in [-0.3, -0.25) is 0 Å². The van der Waals surface area contributed by atoms with E-state index in [9.17, 15) is 8.42 Å². The highest BCUT2D eigenvalue weighted by Crippen LogP contribution is 2.22. The van der Waals surface area contributed by atoms with E-state index >= 15 is 0 Å². The van der Waals surface area contributed by atoms with Gasteiger partial charge in [0.15, 0.2) is 0 Å². The van der Waals surface area contributed by atoms with Gasteiger partial charge in [-0.15, -0.1) is 0 Å². The van der Waals surface area contributed by atoms with Gasteiger partial charge >= 0.3 is 0 Å². The van der Waals surface area contributed by atoms with Gasteiger partial charge in [0.25, 0.3) is 0 Å². The van der Waals surface area contributed by atoms with Crippen LogP contribution >= 0.6 is 0 Å². The van der Waals surface area contributed by atoms with Gasteiger partial charge < -0.3 is 10.6 Å². The summed E-state index contributed by atoms with van der Waals surface area (Å²) in [5.41, 5.74) is 8.19. The van der Waals surface area contributed by atoms with Crippen molar-refractivity contribution in [3.8, 4) is 0 Å². The van der Waals surface area contributed by atoms with Crippen LogP contribution in [0.4, 0.5) is 5.69 Å². The van der Waals surface area contributed by atoms with Crippen LogP contribution in [0, 0.1) is 19.8 Å². The molecule has 0 bridgehead atoms. The monoisotopic (exact) mass is 313 g/mol. The van der Waals surface area contributed by atoms with E-state index in [1.165, 1.54) is 6.07 Å². The lowest BCUT2D eigenvalue weighted by atomic mass is 10.1. The van der Waals surface area contributed by atoms with Crippen molar-refractivity contribution in [2.24, 2.45) is 5.92 Å². The number of sulfonamides is 1. The lowest BCUT2D eigenvalue weighted by molar-refractivity contribution is 0.314. The van der Waals surface area contributed by atoms with Crippen LogP contribution in [0.15, 0.2) is 17.0 Å². The molecule has 120 valence electrons. The van der Waals surface area contributed by atoms with Crippen LogP contribution in [-0.2, 0) is 10.0 Å². The van der Waals surface area contributed by atoms with Crippen LogP contribution < -0.4 is 10.5 Å². The Labute approximate surface area is 128 Å². The Morgan fingerprint density at radius 1 is 1.24 bits per heavy atom. The highest BCUT2D eigenvalue weighted by atomic mass is 32.2. The van der Waals surface area contributed by atoms with E-state index < -0.39 is 10.0 Å². The van der Waals surface area contributed by atoms with Crippen LogP contribution in [0.1, 0.15) is 25.0 Å². The molecule has 5 nitrogen and oxygen atoms in total. The molecule has 1 atom stereocenters. The summed E-state index contributed by atoms with van der Waals surface area (Å²) >= 11 is 0. The Kier molecular flexibility index (Phi) is 5.78. The van der Waals surface area contributed by atoms with Crippen LogP contribution in [0.2, 0.25) is 0 Å². The van der Waals surface area contributed by atoms with E-state index in [2.05, 4.69) is 4.72 Å². The number of aryl methyl sites for hydroxylation is 1. The van der Waals surface area contributed by atoms with Crippen molar-refractivity contribution in [2.45, 2.75) is 38.6 Å². The normalized spacial score (nSPS) is 13.9. The molecule has 0 aromatic heterocycles. The first-order chi connectivity index (χ1) is 9.54. The van der Waals surface area contributed by atoms with E-state index in [0.29, 0.717) is 12.2 Å². The van der Waals surface area contributed by atoms with Crippen molar-refractivity contribution >= 4 is 15.7 Å². The lowest BCUT2D eigenvalue weighted by Gasteiger charge is -2.25. The summed E-state index contributed by atoms with van der Waals surface area (Å²) in [7, 11) is 0.288. The first kappa shape index (κ1) is 17.9. The van der Waals surface area contributed by atoms with Crippen LogP contribution in [-0.4, -0.2) is 40.0 Å². The molecule has 0 spiro atoms. The predicted molar refractivity (Wildman–Crippen MR) is 87.8 cm³/mol. The van der Waals surface area contributed by atoms with Crippen LogP contribution in [0.3, 0.4) is 0 Å². The van der Waals surface area contributed by atoms with Gasteiger partial charge in [-0.2, -0.15) is 0 Å². The molecule has 1 aromatic carbocycles. The van der Waals surface area contributed by atoms with E-state index in [1.54, 1.807) is 6.07 Å². The minimum atomic E-state index is -3.57. The van der Waals surface area contributed by atoms with Crippen molar-refractivity contribution in [3.63, 3.8) is 0 Å². The standard InChI is InChI=1S/C15H27N3O2S/c1-10(2)15(9-18(5)6)17-21(19,20)13-7-11(3)12(4)14(16)8-13/h7-8,10,15,17H,9,16H2,1-6H3. The summed E-state index contributed by atoms with van der Waals surface area (Å²) in [6.07, 6.45) is 0. The molecule has 0 saturated heterocycles. The number of nitrogen functional groups attached to an aromatic ring is 1. The van der Waals surface area contributed by atoms with E-state index in [4.69, 9.17) is 5.73 Å². The number of benzene rings is 1. The Morgan fingerprint density at radius 3 is 2.24 bits per heavy atom. The average Bonchev–Trinajstić information content (AvgIpc) is 2.33. The van der Waals surface area contributed by atoms with Gasteiger partial charge in [0.05, 0.1) is 4.90 Å². The molecule has 0 aliphatic carbocycles. The third-order valence-corrected chi connectivity index (χ3v) is 5.13. The van der Waals surface area contributed by atoms with E-state index in [-0.39, 0.29) is 16.9 Å². The van der Waals surface area contributed by atoms with Gasteiger partial charge in [0.2, 0.25) is 10.0 Å². The van der Waals surface area contributed by atoms with Gasteiger partial charge in [-0.1, -0.05) is 13.8 Å². The Morgan fingerprint density at radius 2 is 1.81 bits per heavy atom. The Hall–Kier alpha value is -1.11. The molecule has 0 aliphatic heterocycles. The number of likely N-dealkylation sites (N-methyl/N-ethyl adjacent to an activating group) is 1. The second-order valence-corrected chi connectivity index (χ2v) is 7.90. The third-order valence-electron chi connectivity index (χ3n) is 3.66. The zero-order valence-electron chi connectivity index (χ0n) is 13.8. The van der Waals surface area contributed by atoms with Crippen molar-refractivity contribution in [1.29, 1.82) is 0 Å². The molecule has 0 fully saturated rings. The number of rotatable bonds is 6. The highest BCUT2D eigenvalue weighted by Gasteiger charge is 2.23. The minimum Gasteiger partial charge on any atom is -0.398 e. The molecule has 6 heteroatoms. The number of anilines is 1. The number of nitrogens with one attached hydrogen (secondary N) is 1. The first-order valence-electron chi connectivity index (χ1n) is 7.08. The lowest BCUT2D eigenvalue weighted by Crippen LogP contribution is -2.44. The fourth-order valence-electron chi connectivity index (χ4n) is 2.05. The molecule has 1 aromatic rings. The number of nitrogens with two attached hydrogens (primary N) is 1. The van der Waals surface area contributed by atoms with E-state index in [1.807, 2.05) is 46.7 Å². The second-order valence-electron chi connectivity index (χ2n) is 6.19. The fourth-order valence-corrected chi connectivity index (χ4v) is 3.55. The molecule has 21 heavy (non-hydrogen) atoms. The maximum Gasteiger partial charge on any atom is 0.240 e. The molecule has 1 rings (SSSR count). The zero-order chi connectivity index (χ0) is 16.4. The summed E-state index contributed by atoms with van der Waals surface area (Å²) in [6, 6.07) is 3.05. The van der Waals surface area contributed by atoms with E-state index in [0.717, 1.165) is 11.1 Å². The third kappa shape index (κ3) is 4.69. The van der Waals surface area contributed by atoms with Gasteiger partial charge in [0, 0.05) is 18.3 Å². The molecule has 0 heterocycles. The largest absolute Gasteiger partial charge is 0.398 e. The van der Waals surface area contributed by atoms with Gasteiger partial charge in [-0.25, -0.2) is 13.1 Å². The summed E-state index contributed by atoms with van der Waals surface area (Å²) in [5.74, 6) is 0.200. The Balaban J connectivity index is 3.10. The maximum absolute atomic E-state index is 12.6. The quantitative estimate of drug-likeness (QED) is 0.785. The molecule has 1 unspecified atom stereocenters. The number of hydrogen-bond acceptors (Lipinski definition) is 4. The molecule has 0 amide bonds. The van der Waals surface area contributed by atoms with Crippen molar-refractivity contribution in [2.75, 3.05) is 26.4 Å². The second kappa shape index (κ2) is 6.77. The molecule has 3 N–H and O–H groups in total. The average molecular weight is 313 g/mol. The molecule has 0 radical (unpaired) electrons. The molecule has 0 aliphatic rings. The predicted octanol–water partition coefficient (Wildman–Crippen LogP) is 1.75. The maximum atomic E-state index is 12.6. The SMILES string of the molecule is Cc1cc(S(=O)(=O)NC(CN(C)C)C(C)C)cc(N)c1C. The van der Waals surface area contributed by atoms with Crippen molar-refractivity contribution in [3.05, 3.63) is 23.3 Å². The number of nitrogens with zero attached hydrogens (tertiary/aromatic N) is 1. The van der Waals surface area contributed by atoms with Gasteiger partial charge in [-0.05, 0) is 57.1 Å². The van der Waals surface area contributed by atoms with Crippen molar-refractivity contribution < 1.29 is 8.42 Å².